The van der Waals surface area contributed by atoms with Gasteiger partial charge in [-0.1, -0.05) is 41.4 Å². The van der Waals surface area contributed by atoms with Crippen LogP contribution in [0.4, 0.5) is 0 Å². The molecule has 0 aromatic heterocycles. The predicted molar refractivity (Wildman–Crippen MR) is 57.5 cm³/mol. The predicted octanol–water partition coefficient (Wildman–Crippen LogP) is 4.26. The summed E-state index contributed by atoms with van der Waals surface area (Å²) in [6.45, 7) is 3.67. The molecule has 0 aliphatic carbocycles. The molecule has 0 N–H and O–H groups in total. The highest BCUT2D eigenvalue weighted by Crippen LogP contribution is 2.32. The van der Waals surface area contributed by atoms with Crippen LogP contribution in [0.15, 0.2) is 18.7 Å². The summed E-state index contributed by atoms with van der Waals surface area (Å²) >= 11 is 17.4. The van der Waals surface area contributed by atoms with Crippen molar-refractivity contribution >= 4 is 40.6 Å². The van der Waals surface area contributed by atoms with Gasteiger partial charge in [0.25, 0.3) is 0 Å². The second-order valence-electron chi connectivity index (χ2n) is 2.37. The quantitative estimate of drug-likeness (QED) is 0.551. The number of hydrogen-bond acceptors (Lipinski definition) is 1. The van der Waals surface area contributed by atoms with Gasteiger partial charge >= 0.3 is 0 Å². The van der Waals surface area contributed by atoms with Gasteiger partial charge in [-0.2, -0.15) is 0 Å². The van der Waals surface area contributed by atoms with E-state index in [9.17, 15) is 0 Å². The first-order chi connectivity index (χ1) is 6.06. The maximum atomic E-state index is 5.89. The van der Waals surface area contributed by atoms with Crippen LogP contribution in [-0.2, 0) is 4.74 Å². The van der Waals surface area contributed by atoms with Gasteiger partial charge in [-0.15, -0.1) is 0 Å². The molecule has 0 amide bonds. The summed E-state index contributed by atoms with van der Waals surface area (Å²) in [5, 5.41) is 1.32. The molecule has 13 heavy (non-hydrogen) atoms. The van der Waals surface area contributed by atoms with E-state index in [0.29, 0.717) is 26.4 Å². The summed E-state index contributed by atoms with van der Waals surface area (Å²) in [5.74, 6) is 0.462. The Kier molecular flexibility index (Phi) is 3.48. The fraction of sp³-hybridized carbons (Fsp3) is 0.111. The van der Waals surface area contributed by atoms with Crippen LogP contribution in [0.2, 0.25) is 15.1 Å². The van der Waals surface area contributed by atoms with Crippen molar-refractivity contribution in [3.8, 4) is 0 Å². The number of ether oxygens (including phenoxy) is 1. The molecule has 1 aromatic rings. The van der Waals surface area contributed by atoms with Crippen molar-refractivity contribution in [3.63, 3.8) is 0 Å². The van der Waals surface area contributed by atoms with Crippen molar-refractivity contribution < 1.29 is 4.74 Å². The molecule has 0 atom stereocenters. The van der Waals surface area contributed by atoms with Crippen LogP contribution in [0.5, 0.6) is 0 Å². The zero-order valence-electron chi connectivity index (χ0n) is 6.90. The maximum absolute atomic E-state index is 5.89. The highest BCUT2D eigenvalue weighted by molar-refractivity contribution is 6.43. The van der Waals surface area contributed by atoms with E-state index in [1.165, 1.54) is 7.11 Å². The van der Waals surface area contributed by atoms with Gasteiger partial charge in [0.1, 0.15) is 5.76 Å². The topological polar surface area (TPSA) is 9.23 Å². The van der Waals surface area contributed by atoms with Crippen molar-refractivity contribution in [1.29, 1.82) is 0 Å². The molecule has 0 aliphatic heterocycles. The lowest BCUT2D eigenvalue weighted by Crippen LogP contribution is -1.87. The third-order valence-electron chi connectivity index (χ3n) is 1.56. The standard InChI is InChI=1S/C9H7Cl3O/c1-5(13-2)6-3-8(11)9(12)4-7(6)10/h3-4H,1H2,2H3. The molecule has 0 radical (unpaired) electrons. The molecule has 0 bridgehead atoms. The Hall–Kier alpha value is -0.370. The van der Waals surface area contributed by atoms with Crippen molar-refractivity contribution in [2.75, 3.05) is 7.11 Å². The Morgan fingerprint density at radius 2 is 1.69 bits per heavy atom. The van der Waals surface area contributed by atoms with E-state index in [1.54, 1.807) is 12.1 Å². The van der Waals surface area contributed by atoms with E-state index in [1.807, 2.05) is 0 Å². The van der Waals surface area contributed by atoms with Crippen molar-refractivity contribution in [3.05, 3.63) is 39.3 Å². The average molecular weight is 238 g/mol. The van der Waals surface area contributed by atoms with Crippen molar-refractivity contribution in [2.24, 2.45) is 0 Å². The minimum Gasteiger partial charge on any atom is -0.497 e. The van der Waals surface area contributed by atoms with Gasteiger partial charge in [0.2, 0.25) is 0 Å². The molecule has 0 heterocycles. The zero-order valence-corrected chi connectivity index (χ0v) is 9.17. The van der Waals surface area contributed by atoms with Crippen molar-refractivity contribution in [2.45, 2.75) is 0 Å². The fourth-order valence-corrected chi connectivity index (χ4v) is 1.50. The van der Waals surface area contributed by atoms with Gasteiger partial charge in [0.05, 0.1) is 22.2 Å². The Bertz CT molecular complexity index is 347. The molecular formula is C9H7Cl3O. The number of benzene rings is 1. The fourth-order valence-electron chi connectivity index (χ4n) is 0.846. The van der Waals surface area contributed by atoms with Crippen LogP contribution in [0.3, 0.4) is 0 Å². The van der Waals surface area contributed by atoms with Crippen molar-refractivity contribution in [1.82, 2.24) is 0 Å². The van der Waals surface area contributed by atoms with Gasteiger partial charge in [0, 0.05) is 5.56 Å². The second kappa shape index (κ2) is 4.23. The maximum Gasteiger partial charge on any atom is 0.120 e. The van der Waals surface area contributed by atoms with Crippen LogP contribution in [0.1, 0.15) is 5.56 Å². The highest BCUT2D eigenvalue weighted by Gasteiger charge is 2.08. The van der Waals surface area contributed by atoms with Crippen LogP contribution >= 0.6 is 34.8 Å². The Morgan fingerprint density at radius 1 is 1.15 bits per heavy atom. The van der Waals surface area contributed by atoms with Gasteiger partial charge < -0.3 is 4.74 Å². The molecule has 1 nitrogen and oxygen atoms in total. The molecule has 1 aromatic carbocycles. The van der Waals surface area contributed by atoms with Crippen LogP contribution in [0, 0.1) is 0 Å². The number of halogens is 3. The normalized spacial score (nSPS) is 9.85. The summed E-state index contributed by atoms with van der Waals surface area (Å²) in [6, 6.07) is 3.18. The molecular weight excluding hydrogens is 230 g/mol. The highest BCUT2D eigenvalue weighted by atomic mass is 35.5. The first-order valence-corrected chi connectivity index (χ1v) is 4.57. The monoisotopic (exact) mass is 236 g/mol. The summed E-state index contributed by atoms with van der Waals surface area (Å²) < 4.78 is 4.93. The zero-order chi connectivity index (χ0) is 10.0. The molecule has 1 rings (SSSR count). The Balaban J connectivity index is 3.23. The molecule has 0 saturated heterocycles. The van der Waals surface area contributed by atoms with E-state index in [4.69, 9.17) is 39.5 Å². The molecule has 0 spiro atoms. The molecule has 0 aliphatic rings. The molecule has 0 unspecified atom stereocenters. The lowest BCUT2D eigenvalue weighted by Gasteiger charge is -2.07. The lowest BCUT2D eigenvalue weighted by atomic mass is 10.2. The summed E-state index contributed by atoms with van der Waals surface area (Å²) in [6.07, 6.45) is 0. The second-order valence-corrected chi connectivity index (χ2v) is 3.60. The smallest absolute Gasteiger partial charge is 0.120 e. The number of hydrogen-bond donors (Lipinski definition) is 0. The van der Waals surface area contributed by atoms with E-state index >= 15 is 0 Å². The van der Waals surface area contributed by atoms with Crippen LogP contribution < -0.4 is 0 Å². The summed E-state index contributed by atoms with van der Waals surface area (Å²) in [5.41, 5.74) is 0.651. The molecule has 0 saturated carbocycles. The lowest BCUT2D eigenvalue weighted by molar-refractivity contribution is 0.371. The number of rotatable bonds is 2. The first kappa shape index (κ1) is 10.7. The Morgan fingerprint density at radius 3 is 2.23 bits per heavy atom. The van der Waals surface area contributed by atoms with Gasteiger partial charge in [-0.3, -0.25) is 0 Å². The minimum absolute atomic E-state index is 0.416. The van der Waals surface area contributed by atoms with E-state index in [-0.39, 0.29) is 0 Å². The average Bonchev–Trinajstić information content (AvgIpc) is 2.10. The first-order valence-electron chi connectivity index (χ1n) is 3.44. The molecule has 0 fully saturated rings. The van der Waals surface area contributed by atoms with Gasteiger partial charge in [0.15, 0.2) is 0 Å². The van der Waals surface area contributed by atoms with Crippen LogP contribution in [0.25, 0.3) is 5.76 Å². The third-order valence-corrected chi connectivity index (χ3v) is 2.59. The van der Waals surface area contributed by atoms with E-state index < -0.39 is 0 Å². The number of methoxy groups -OCH3 is 1. The molecule has 4 heteroatoms. The summed E-state index contributed by atoms with van der Waals surface area (Å²) in [4.78, 5) is 0. The largest absolute Gasteiger partial charge is 0.497 e. The summed E-state index contributed by atoms with van der Waals surface area (Å²) in [7, 11) is 1.52. The third kappa shape index (κ3) is 2.31. The minimum atomic E-state index is 0.416. The molecule has 70 valence electrons. The Labute approximate surface area is 91.9 Å². The van der Waals surface area contributed by atoms with Gasteiger partial charge in [-0.05, 0) is 12.1 Å². The van der Waals surface area contributed by atoms with E-state index in [0.717, 1.165) is 0 Å². The van der Waals surface area contributed by atoms with Crippen LogP contribution in [-0.4, -0.2) is 7.11 Å². The van der Waals surface area contributed by atoms with E-state index in [2.05, 4.69) is 6.58 Å². The SMILES string of the molecule is C=C(OC)c1cc(Cl)c(Cl)cc1Cl. The van der Waals surface area contributed by atoms with Gasteiger partial charge in [-0.25, -0.2) is 0 Å².